The first-order chi connectivity index (χ1) is 13.7. The number of carbonyl (C=O) groups excluding carboxylic acids is 1. The standard InChI is InChI=1S/C19H20N2O7S/c1-20-19(24)14-11-13(27-2)6-7-15(14)21-29(25,26)17-10-12(5-9-18(22)23)4-8-16(17)28-3/h4-11,21H,1-3H3,(H,20,24)(H,22,23)/b9-5+. The SMILES string of the molecule is CNC(=O)c1cc(OC)ccc1NS(=O)(=O)c1cc(/C=C/C(=O)O)ccc1OC. The van der Waals surface area contributed by atoms with Gasteiger partial charge in [0.05, 0.1) is 25.5 Å². The topological polar surface area (TPSA) is 131 Å². The van der Waals surface area contributed by atoms with Gasteiger partial charge in [-0.1, -0.05) is 6.07 Å². The molecule has 0 saturated heterocycles. The fraction of sp³-hybridized carbons (Fsp3) is 0.158. The molecule has 154 valence electrons. The van der Waals surface area contributed by atoms with Crippen LogP contribution in [0.3, 0.4) is 0 Å². The number of nitrogens with one attached hydrogen (secondary N) is 2. The van der Waals surface area contributed by atoms with E-state index in [1.807, 2.05) is 0 Å². The molecule has 29 heavy (non-hydrogen) atoms. The highest BCUT2D eigenvalue weighted by Crippen LogP contribution is 2.30. The van der Waals surface area contributed by atoms with Gasteiger partial charge in [0.15, 0.2) is 0 Å². The third-order valence-electron chi connectivity index (χ3n) is 3.84. The van der Waals surface area contributed by atoms with Crippen molar-refractivity contribution in [1.82, 2.24) is 5.32 Å². The van der Waals surface area contributed by atoms with Crippen LogP contribution in [0.25, 0.3) is 6.08 Å². The molecule has 10 heteroatoms. The first kappa shape index (κ1) is 21.8. The molecule has 3 N–H and O–H groups in total. The molecule has 0 spiro atoms. The Kier molecular flexibility index (Phi) is 6.84. The highest BCUT2D eigenvalue weighted by molar-refractivity contribution is 7.92. The monoisotopic (exact) mass is 420 g/mol. The molecule has 1 amide bonds. The number of methoxy groups -OCH3 is 2. The first-order valence-corrected chi connectivity index (χ1v) is 9.72. The second-order valence-corrected chi connectivity index (χ2v) is 7.33. The van der Waals surface area contributed by atoms with Crippen molar-refractivity contribution >= 4 is 33.7 Å². The number of benzene rings is 2. The fourth-order valence-corrected chi connectivity index (χ4v) is 3.72. The van der Waals surface area contributed by atoms with Crippen LogP contribution in [0.2, 0.25) is 0 Å². The average molecular weight is 420 g/mol. The van der Waals surface area contributed by atoms with E-state index in [0.29, 0.717) is 11.3 Å². The van der Waals surface area contributed by atoms with Crippen LogP contribution in [-0.4, -0.2) is 46.7 Å². The minimum absolute atomic E-state index is 0.0404. The van der Waals surface area contributed by atoms with Gasteiger partial charge in [0.1, 0.15) is 16.4 Å². The van der Waals surface area contributed by atoms with E-state index in [0.717, 1.165) is 6.08 Å². The van der Waals surface area contributed by atoms with Gasteiger partial charge in [-0.25, -0.2) is 13.2 Å². The van der Waals surface area contributed by atoms with E-state index in [1.165, 1.54) is 63.7 Å². The van der Waals surface area contributed by atoms with Crippen LogP contribution in [0.5, 0.6) is 11.5 Å². The number of hydrogen-bond acceptors (Lipinski definition) is 6. The molecule has 0 heterocycles. The van der Waals surface area contributed by atoms with Gasteiger partial charge in [-0.05, 0) is 42.0 Å². The Morgan fingerprint density at radius 1 is 1.07 bits per heavy atom. The van der Waals surface area contributed by atoms with E-state index in [2.05, 4.69) is 10.0 Å². The zero-order valence-electron chi connectivity index (χ0n) is 15.9. The Balaban J connectivity index is 2.52. The van der Waals surface area contributed by atoms with Gasteiger partial charge in [-0.15, -0.1) is 0 Å². The number of rotatable bonds is 8. The molecule has 2 aromatic rings. The summed E-state index contributed by atoms with van der Waals surface area (Å²) >= 11 is 0. The van der Waals surface area contributed by atoms with Crippen molar-refractivity contribution in [2.24, 2.45) is 0 Å². The zero-order valence-corrected chi connectivity index (χ0v) is 16.7. The smallest absolute Gasteiger partial charge is 0.328 e. The molecule has 2 rings (SSSR count). The van der Waals surface area contributed by atoms with E-state index in [1.54, 1.807) is 0 Å². The zero-order chi connectivity index (χ0) is 21.6. The molecule has 0 atom stereocenters. The van der Waals surface area contributed by atoms with Crippen molar-refractivity contribution in [3.05, 3.63) is 53.6 Å². The summed E-state index contributed by atoms with van der Waals surface area (Å²) in [5.74, 6) is -1.24. The molecule has 0 aromatic heterocycles. The Morgan fingerprint density at radius 3 is 2.38 bits per heavy atom. The molecular weight excluding hydrogens is 400 g/mol. The highest BCUT2D eigenvalue weighted by Gasteiger charge is 2.23. The third-order valence-corrected chi connectivity index (χ3v) is 5.23. The molecule has 0 radical (unpaired) electrons. The molecule has 0 bridgehead atoms. The van der Waals surface area contributed by atoms with E-state index in [4.69, 9.17) is 14.6 Å². The van der Waals surface area contributed by atoms with E-state index < -0.39 is 21.9 Å². The number of ether oxygens (including phenoxy) is 2. The molecule has 0 aliphatic carbocycles. The lowest BCUT2D eigenvalue weighted by Gasteiger charge is -2.15. The van der Waals surface area contributed by atoms with Gasteiger partial charge in [-0.2, -0.15) is 0 Å². The van der Waals surface area contributed by atoms with Gasteiger partial charge in [0.25, 0.3) is 15.9 Å². The number of carboxylic acid groups (broad SMARTS) is 1. The van der Waals surface area contributed by atoms with Gasteiger partial charge in [-0.3, -0.25) is 9.52 Å². The number of aliphatic carboxylic acids is 1. The van der Waals surface area contributed by atoms with Crippen molar-refractivity contribution in [3.8, 4) is 11.5 Å². The van der Waals surface area contributed by atoms with Crippen LogP contribution in [-0.2, 0) is 14.8 Å². The molecule has 0 saturated carbocycles. The minimum atomic E-state index is -4.18. The van der Waals surface area contributed by atoms with E-state index in [9.17, 15) is 18.0 Å². The molecule has 2 aromatic carbocycles. The summed E-state index contributed by atoms with van der Waals surface area (Å²) in [6, 6.07) is 8.50. The summed E-state index contributed by atoms with van der Waals surface area (Å²) < 4.78 is 38.6. The first-order valence-electron chi connectivity index (χ1n) is 8.23. The van der Waals surface area contributed by atoms with Crippen molar-refractivity contribution in [1.29, 1.82) is 0 Å². The van der Waals surface area contributed by atoms with Gasteiger partial charge >= 0.3 is 5.97 Å². The fourth-order valence-electron chi connectivity index (χ4n) is 2.44. The molecule has 0 aliphatic rings. The predicted octanol–water partition coefficient (Wildman–Crippen LogP) is 1.96. The van der Waals surface area contributed by atoms with Crippen molar-refractivity contribution < 1.29 is 32.6 Å². The van der Waals surface area contributed by atoms with Crippen LogP contribution in [0.15, 0.2) is 47.4 Å². The van der Waals surface area contributed by atoms with Crippen molar-refractivity contribution in [2.75, 3.05) is 26.0 Å². The van der Waals surface area contributed by atoms with Crippen molar-refractivity contribution in [2.45, 2.75) is 4.90 Å². The molecule has 0 unspecified atom stereocenters. The average Bonchev–Trinajstić information content (AvgIpc) is 2.71. The second-order valence-electron chi connectivity index (χ2n) is 5.68. The molecular formula is C19H20N2O7S. The normalized spacial score (nSPS) is 11.1. The predicted molar refractivity (Wildman–Crippen MR) is 107 cm³/mol. The Bertz CT molecular complexity index is 1060. The summed E-state index contributed by atoms with van der Waals surface area (Å²) in [5, 5.41) is 11.2. The number of carboxylic acids is 1. The van der Waals surface area contributed by atoms with Gasteiger partial charge < -0.3 is 19.9 Å². The molecule has 0 aliphatic heterocycles. The largest absolute Gasteiger partial charge is 0.497 e. The molecule has 0 fully saturated rings. The number of sulfonamides is 1. The van der Waals surface area contributed by atoms with Gasteiger partial charge in [0.2, 0.25) is 0 Å². The summed E-state index contributed by atoms with van der Waals surface area (Å²) in [6.45, 7) is 0. The van der Waals surface area contributed by atoms with Crippen LogP contribution in [0.1, 0.15) is 15.9 Å². The lowest BCUT2D eigenvalue weighted by Crippen LogP contribution is -2.22. The van der Waals surface area contributed by atoms with Crippen LogP contribution >= 0.6 is 0 Å². The number of carbonyl (C=O) groups is 2. The lowest BCUT2D eigenvalue weighted by molar-refractivity contribution is -0.131. The Labute approximate surface area is 168 Å². The molecule has 9 nitrogen and oxygen atoms in total. The summed E-state index contributed by atoms with van der Waals surface area (Å²) in [4.78, 5) is 22.7. The lowest BCUT2D eigenvalue weighted by atomic mass is 10.1. The minimum Gasteiger partial charge on any atom is -0.497 e. The number of anilines is 1. The summed E-state index contributed by atoms with van der Waals surface area (Å²) in [6.07, 6.45) is 2.14. The quantitative estimate of drug-likeness (QED) is 0.556. The Hall–Kier alpha value is -3.53. The van der Waals surface area contributed by atoms with Crippen molar-refractivity contribution in [3.63, 3.8) is 0 Å². The number of hydrogen-bond donors (Lipinski definition) is 3. The number of amides is 1. The third kappa shape index (κ3) is 5.26. The summed E-state index contributed by atoms with van der Waals surface area (Å²) in [5.41, 5.74) is 0.449. The van der Waals surface area contributed by atoms with E-state index >= 15 is 0 Å². The Morgan fingerprint density at radius 2 is 1.79 bits per heavy atom. The van der Waals surface area contributed by atoms with E-state index in [-0.39, 0.29) is 21.9 Å². The highest BCUT2D eigenvalue weighted by atomic mass is 32.2. The maximum atomic E-state index is 13.0. The van der Waals surface area contributed by atoms with Crippen LogP contribution in [0, 0.1) is 0 Å². The van der Waals surface area contributed by atoms with Gasteiger partial charge in [0, 0.05) is 13.1 Å². The van der Waals surface area contributed by atoms with Crippen LogP contribution < -0.4 is 19.5 Å². The second kappa shape index (κ2) is 9.11. The maximum Gasteiger partial charge on any atom is 0.328 e. The maximum absolute atomic E-state index is 13.0. The summed E-state index contributed by atoms with van der Waals surface area (Å²) in [7, 11) is -0.0257. The van der Waals surface area contributed by atoms with Crippen LogP contribution in [0.4, 0.5) is 5.69 Å².